The first-order valence-electron chi connectivity index (χ1n) is 25.1. The maximum absolute atomic E-state index is 13.6. The molecule has 2 aromatic heterocycles. The molecule has 73 heavy (non-hydrogen) atoms. The number of nitrogen functional groups attached to an aromatic ring is 1. The number of aromatic nitrogens is 3. The standard InChI is InChI=1S/C52H69N13O8/c1-4-5-24-55-47-46-40(60-50(53)62-47)21-20-39(57-46)31-35-12-14-36(15-13-35)32-63-27-29-64(30-28-63)52(72)73-33-37-16-18-38(19-17-37)58-48(69)41(10-9-25-56-51(54)71)59-49(70)45(34(2)3)61-42(66)11-7-6-8-26-65-43(67)22-23-44(65)68/h12-23,34,41,45H,4-11,24-33H2,1-3H3,(H,58,69)(H,59,70)(H,61,66)(H3,54,56,71)(H3,53,55,60,62)/t41-,45-/m0/s1. The predicted molar refractivity (Wildman–Crippen MR) is 276 cm³/mol. The van der Waals surface area contributed by atoms with Gasteiger partial charge in [-0.15, -0.1) is 0 Å². The second-order valence-corrected chi connectivity index (χ2v) is 18.6. The molecule has 2 aromatic carbocycles. The van der Waals surface area contributed by atoms with Gasteiger partial charge in [0.25, 0.3) is 11.8 Å². The zero-order chi connectivity index (χ0) is 52.3. The molecule has 0 saturated carbocycles. The maximum Gasteiger partial charge on any atom is 0.410 e. The number of carbonyl (C=O) groups excluding carboxylic acids is 7. The molecule has 2 aliphatic rings. The molecule has 0 bridgehead atoms. The number of hydrogen-bond acceptors (Lipinski definition) is 14. The zero-order valence-corrected chi connectivity index (χ0v) is 42.0. The molecule has 2 aliphatic heterocycles. The van der Waals surface area contributed by atoms with Crippen LogP contribution in [0.15, 0.2) is 72.8 Å². The molecule has 390 valence electrons. The van der Waals surface area contributed by atoms with Crippen molar-refractivity contribution in [2.75, 3.05) is 62.2 Å². The lowest BCUT2D eigenvalue weighted by atomic mass is 10.0. The topological polar surface area (TPSA) is 289 Å². The van der Waals surface area contributed by atoms with E-state index in [2.05, 4.69) is 72.6 Å². The molecule has 0 aliphatic carbocycles. The van der Waals surface area contributed by atoms with Crippen molar-refractivity contribution in [2.24, 2.45) is 11.7 Å². The number of nitrogens with zero attached hydrogens (tertiary/aromatic N) is 6. The van der Waals surface area contributed by atoms with E-state index in [-0.39, 0.29) is 62.1 Å². The number of nitrogens with two attached hydrogens (primary N) is 2. The Hall–Kier alpha value is -7.68. The number of carbonyl (C=O) groups is 7. The summed E-state index contributed by atoms with van der Waals surface area (Å²) in [5.41, 5.74) is 16.9. The van der Waals surface area contributed by atoms with Crippen molar-refractivity contribution in [2.45, 2.75) is 104 Å². The van der Waals surface area contributed by atoms with E-state index >= 15 is 0 Å². The number of fused-ring (bicyclic) bond motifs is 1. The van der Waals surface area contributed by atoms with Crippen molar-refractivity contribution in [3.63, 3.8) is 0 Å². The summed E-state index contributed by atoms with van der Waals surface area (Å²) in [6, 6.07) is 16.5. The van der Waals surface area contributed by atoms with Gasteiger partial charge in [0.2, 0.25) is 23.7 Å². The molecule has 6 rings (SSSR count). The van der Waals surface area contributed by atoms with Crippen LogP contribution in [0.25, 0.3) is 11.0 Å². The number of unbranched alkanes of at least 4 members (excludes halogenated alkanes) is 3. The molecule has 1 fully saturated rings. The molecule has 21 nitrogen and oxygen atoms in total. The van der Waals surface area contributed by atoms with Gasteiger partial charge in [-0.25, -0.2) is 19.6 Å². The summed E-state index contributed by atoms with van der Waals surface area (Å²) in [6.07, 6.45) is 6.99. The Labute approximate surface area is 425 Å². The number of hydrogen-bond donors (Lipinski definition) is 7. The van der Waals surface area contributed by atoms with Gasteiger partial charge in [0.1, 0.15) is 24.2 Å². The summed E-state index contributed by atoms with van der Waals surface area (Å²) >= 11 is 0. The van der Waals surface area contributed by atoms with Gasteiger partial charge in [-0.2, -0.15) is 4.98 Å². The number of pyridine rings is 1. The van der Waals surface area contributed by atoms with Crippen LogP contribution in [0.5, 0.6) is 0 Å². The van der Waals surface area contributed by atoms with Crippen molar-refractivity contribution in [3.8, 4) is 0 Å². The Morgan fingerprint density at radius 2 is 1.45 bits per heavy atom. The predicted octanol–water partition coefficient (Wildman–Crippen LogP) is 4.36. The van der Waals surface area contributed by atoms with Gasteiger partial charge in [-0.1, -0.05) is 70.0 Å². The van der Waals surface area contributed by atoms with Crippen LogP contribution in [0.1, 0.15) is 94.5 Å². The number of ether oxygens (including phenoxy) is 1. The molecular weight excluding hydrogens is 935 g/mol. The molecule has 1 saturated heterocycles. The average molecular weight is 1000 g/mol. The van der Waals surface area contributed by atoms with Gasteiger partial charge < -0.3 is 47.7 Å². The first kappa shape index (κ1) is 54.6. The lowest BCUT2D eigenvalue weighted by Crippen LogP contribution is -2.54. The zero-order valence-electron chi connectivity index (χ0n) is 42.0. The lowest BCUT2D eigenvalue weighted by molar-refractivity contribution is -0.137. The smallest absolute Gasteiger partial charge is 0.410 e. The van der Waals surface area contributed by atoms with E-state index in [9.17, 15) is 33.6 Å². The number of piperazine rings is 1. The third-order valence-corrected chi connectivity index (χ3v) is 12.5. The van der Waals surface area contributed by atoms with Crippen molar-refractivity contribution in [1.29, 1.82) is 0 Å². The van der Waals surface area contributed by atoms with Crippen LogP contribution in [0.3, 0.4) is 0 Å². The monoisotopic (exact) mass is 1000 g/mol. The Balaban J connectivity index is 0.921. The number of primary amides is 1. The summed E-state index contributed by atoms with van der Waals surface area (Å²) < 4.78 is 5.66. The van der Waals surface area contributed by atoms with E-state index < -0.39 is 36.0 Å². The van der Waals surface area contributed by atoms with Crippen LogP contribution in [0, 0.1) is 5.92 Å². The highest BCUT2D eigenvalue weighted by molar-refractivity contribution is 6.12. The quantitative estimate of drug-likeness (QED) is 0.0340. The van der Waals surface area contributed by atoms with E-state index in [0.29, 0.717) is 86.4 Å². The molecule has 4 heterocycles. The van der Waals surface area contributed by atoms with Gasteiger partial charge in [-0.05, 0) is 79.0 Å². The van der Waals surface area contributed by atoms with Gasteiger partial charge in [0.15, 0.2) is 5.82 Å². The molecule has 9 N–H and O–H groups in total. The molecule has 8 amide bonds. The fourth-order valence-electron chi connectivity index (χ4n) is 8.36. The minimum Gasteiger partial charge on any atom is -0.445 e. The fraction of sp³-hybridized carbons (Fsp3) is 0.462. The summed E-state index contributed by atoms with van der Waals surface area (Å²) in [6.45, 7) is 10.1. The Kier molecular flexibility index (Phi) is 20.4. The van der Waals surface area contributed by atoms with Gasteiger partial charge >= 0.3 is 12.1 Å². The van der Waals surface area contributed by atoms with Crippen molar-refractivity contribution in [1.82, 2.24) is 45.6 Å². The highest BCUT2D eigenvalue weighted by Gasteiger charge is 2.29. The molecule has 0 radical (unpaired) electrons. The van der Waals surface area contributed by atoms with Crippen LogP contribution in [-0.4, -0.2) is 129 Å². The summed E-state index contributed by atoms with van der Waals surface area (Å²) in [4.78, 5) is 107. The largest absolute Gasteiger partial charge is 0.445 e. The average Bonchev–Trinajstić information content (AvgIpc) is 3.69. The van der Waals surface area contributed by atoms with Gasteiger partial charge in [0.05, 0.1) is 5.52 Å². The van der Waals surface area contributed by atoms with Crippen LogP contribution in [0.2, 0.25) is 0 Å². The molecule has 21 heteroatoms. The normalized spacial score (nSPS) is 14.5. The number of benzene rings is 2. The van der Waals surface area contributed by atoms with Crippen molar-refractivity contribution >= 4 is 70.1 Å². The summed E-state index contributed by atoms with van der Waals surface area (Å²) in [5, 5.41) is 14.2. The highest BCUT2D eigenvalue weighted by atomic mass is 16.6. The Morgan fingerprint density at radius 3 is 2.14 bits per heavy atom. The van der Waals surface area contributed by atoms with E-state index in [1.165, 1.54) is 17.7 Å². The second kappa shape index (κ2) is 27.2. The maximum atomic E-state index is 13.6. The molecular formula is C52H69N13O8. The van der Waals surface area contributed by atoms with Crippen LogP contribution >= 0.6 is 0 Å². The Bertz CT molecular complexity index is 2570. The fourth-order valence-corrected chi connectivity index (χ4v) is 8.36. The summed E-state index contributed by atoms with van der Waals surface area (Å²) in [5.74, 6) is -1.56. The third kappa shape index (κ3) is 17.0. The Morgan fingerprint density at radius 1 is 0.753 bits per heavy atom. The second-order valence-electron chi connectivity index (χ2n) is 18.6. The molecule has 2 atom stereocenters. The number of urea groups is 1. The highest BCUT2D eigenvalue weighted by Crippen LogP contribution is 2.22. The van der Waals surface area contributed by atoms with E-state index in [1.807, 2.05) is 12.1 Å². The number of rotatable bonds is 26. The van der Waals surface area contributed by atoms with E-state index in [0.717, 1.165) is 42.1 Å². The number of anilines is 3. The SMILES string of the molecule is CCCCNc1nc(N)nc2ccc(Cc3ccc(CN4CCN(C(=O)OCc5ccc(NC(=O)[C@H](CCCNC(N)=O)NC(=O)[C@@H](NC(=O)CCCCCN6C(=O)C=CC6=O)C(C)C)cc5)CC4)cc3)nc12. The first-order valence-corrected chi connectivity index (χ1v) is 25.1. The number of imide groups is 1. The number of amides is 8. The first-order chi connectivity index (χ1) is 35.1. The van der Waals surface area contributed by atoms with Crippen molar-refractivity contribution in [3.05, 3.63) is 95.2 Å². The molecule has 0 unspecified atom stereocenters. The molecule has 4 aromatic rings. The minimum absolute atomic E-state index is 0.0277. The van der Waals surface area contributed by atoms with E-state index in [1.54, 1.807) is 43.0 Å². The third-order valence-electron chi connectivity index (χ3n) is 12.5. The minimum atomic E-state index is -1.03. The van der Waals surface area contributed by atoms with Crippen LogP contribution < -0.4 is 38.1 Å². The van der Waals surface area contributed by atoms with Crippen molar-refractivity contribution < 1.29 is 38.3 Å². The molecule has 0 spiro atoms. The van der Waals surface area contributed by atoms with E-state index in [4.69, 9.17) is 21.2 Å². The van der Waals surface area contributed by atoms with Crippen LogP contribution in [0.4, 0.5) is 27.0 Å². The van der Waals surface area contributed by atoms with Gasteiger partial charge in [0, 0.05) is 88.7 Å². The van der Waals surface area contributed by atoms with Gasteiger partial charge in [-0.3, -0.25) is 33.8 Å². The van der Waals surface area contributed by atoms with Crippen LogP contribution in [-0.2, 0) is 48.3 Å². The summed E-state index contributed by atoms with van der Waals surface area (Å²) in [7, 11) is 0. The lowest BCUT2D eigenvalue weighted by Gasteiger charge is -2.34. The number of nitrogens with one attached hydrogen (secondary N) is 5.